The lowest BCUT2D eigenvalue weighted by Crippen LogP contribution is -1.90. The minimum Gasteiger partial charge on any atom is -0.455 e. The molecule has 6 nitrogen and oxygen atoms in total. The summed E-state index contributed by atoms with van der Waals surface area (Å²) in [5.74, 6) is 1.35. The Hall–Kier alpha value is -3.04. The van der Waals surface area contributed by atoms with E-state index in [9.17, 15) is 0 Å². The van der Waals surface area contributed by atoms with Crippen molar-refractivity contribution in [2.24, 2.45) is 5.10 Å². The van der Waals surface area contributed by atoms with E-state index in [-0.39, 0.29) is 11.6 Å². The van der Waals surface area contributed by atoms with Crippen LogP contribution >= 0.6 is 11.6 Å². The number of hydrazone groups is 1. The monoisotopic (exact) mass is 312 g/mol. The molecule has 22 heavy (non-hydrogen) atoms. The highest BCUT2D eigenvalue weighted by atomic mass is 35.5. The molecule has 0 saturated heterocycles. The van der Waals surface area contributed by atoms with Gasteiger partial charge in [-0.3, -0.25) is 0 Å². The topological polar surface area (TPSA) is 87.4 Å². The van der Waals surface area contributed by atoms with Gasteiger partial charge in [-0.1, -0.05) is 23.7 Å². The van der Waals surface area contributed by atoms with Crippen molar-refractivity contribution in [3.05, 3.63) is 59.3 Å². The Balaban J connectivity index is 1.74. The molecule has 2 heterocycles. The summed E-state index contributed by atoms with van der Waals surface area (Å²) in [5, 5.41) is 13.3. The first-order chi connectivity index (χ1) is 10.8. The number of halogens is 1. The van der Waals surface area contributed by atoms with Crippen LogP contribution in [0.25, 0.3) is 11.3 Å². The van der Waals surface area contributed by atoms with E-state index in [0.29, 0.717) is 16.5 Å². The second-order valence-corrected chi connectivity index (χ2v) is 4.60. The highest BCUT2D eigenvalue weighted by Crippen LogP contribution is 2.28. The molecule has 108 valence electrons. The molecule has 0 aliphatic heterocycles. The van der Waals surface area contributed by atoms with Gasteiger partial charge in [0.15, 0.2) is 6.39 Å². The fourth-order valence-electron chi connectivity index (χ4n) is 1.79. The van der Waals surface area contributed by atoms with Crippen molar-refractivity contribution in [3.63, 3.8) is 0 Å². The highest BCUT2D eigenvalue weighted by Gasteiger charge is 2.08. The molecule has 0 bridgehead atoms. The third-order valence-electron chi connectivity index (χ3n) is 2.80. The molecule has 0 amide bonds. The van der Waals surface area contributed by atoms with Gasteiger partial charge >= 0.3 is 0 Å². The quantitative estimate of drug-likeness (QED) is 0.583. The molecule has 0 aliphatic rings. The number of nitriles is 1. The molecule has 7 heteroatoms. The number of oxazole rings is 1. The SMILES string of the molecule is N#Cc1ncoc1N/N=C/c1ccc(-c2ccccc2Cl)o1. The lowest BCUT2D eigenvalue weighted by molar-refractivity contribution is 0.568. The lowest BCUT2D eigenvalue weighted by Gasteiger charge is -1.98. The molecule has 0 saturated carbocycles. The van der Waals surface area contributed by atoms with Gasteiger partial charge in [0.2, 0.25) is 5.69 Å². The van der Waals surface area contributed by atoms with Gasteiger partial charge < -0.3 is 8.83 Å². The maximum absolute atomic E-state index is 8.78. The molecule has 0 unspecified atom stereocenters. The van der Waals surface area contributed by atoms with Crippen molar-refractivity contribution < 1.29 is 8.83 Å². The third kappa shape index (κ3) is 2.85. The first kappa shape index (κ1) is 13.9. The Morgan fingerprint density at radius 2 is 2.14 bits per heavy atom. The van der Waals surface area contributed by atoms with E-state index in [0.717, 1.165) is 5.56 Å². The average molecular weight is 313 g/mol. The van der Waals surface area contributed by atoms with Gasteiger partial charge in [0.05, 0.1) is 11.2 Å². The Morgan fingerprint density at radius 3 is 2.95 bits per heavy atom. The zero-order chi connectivity index (χ0) is 15.4. The van der Waals surface area contributed by atoms with E-state index in [1.807, 2.05) is 24.3 Å². The number of benzene rings is 1. The molecule has 3 aromatic rings. The number of anilines is 1. The van der Waals surface area contributed by atoms with Crippen LogP contribution in [0, 0.1) is 11.3 Å². The summed E-state index contributed by atoms with van der Waals surface area (Å²) < 4.78 is 10.6. The van der Waals surface area contributed by atoms with Crippen molar-refractivity contribution in [1.29, 1.82) is 5.26 Å². The summed E-state index contributed by atoms with van der Waals surface area (Å²) in [6.07, 6.45) is 2.63. The van der Waals surface area contributed by atoms with Crippen LogP contribution < -0.4 is 5.43 Å². The summed E-state index contributed by atoms with van der Waals surface area (Å²) in [6.45, 7) is 0. The molecule has 2 aromatic heterocycles. The molecular weight excluding hydrogens is 304 g/mol. The van der Waals surface area contributed by atoms with Crippen LogP contribution in [0.4, 0.5) is 5.88 Å². The zero-order valence-corrected chi connectivity index (χ0v) is 11.9. The van der Waals surface area contributed by atoms with E-state index in [1.54, 1.807) is 18.2 Å². The second-order valence-electron chi connectivity index (χ2n) is 4.19. The fourth-order valence-corrected chi connectivity index (χ4v) is 2.02. The first-order valence-electron chi connectivity index (χ1n) is 6.25. The Bertz CT molecular complexity index is 860. The van der Waals surface area contributed by atoms with E-state index in [1.165, 1.54) is 12.6 Å². The number of aromatic nitrogens is 1. The van der Waals surface area contributed by atoms with Gasteiger partial charge in [0.1, 0.15) is 17.6 Å². The molecule has 0 radical (unpaired) electrons. The van der Waals surface area contributed by atoms with Crippen LogP contribution in [-0.4, -0.2) is 11.2 Å². The van der Waals surface area contributed by atoms with Crippen molar-refractivity contribution >= 4 is 23.7 Å². The van der Waals surface area contributed by atoms with E-state index in [2.05, 4.69) is 15.5 Å². The van der Waals surface area contributed by atoms with Crippen LogP contribution in [0.1, 0.15) is 11.5 Å². The summed E-state index contributed by atoms with van der Waals surface area (Å²) >= 11 is 6.12. The number of hydrogen-bond acceptors (Lipinski definition) is 6. The average Bonchev–Trinajstić information content (AvgIpc) is 3.17. The lowest BCUT2D eigenvalue weighted by atomic mass is 10.2. The van der Waals surface area contributed by atoms with Crippen LogP contribution in [0.5, 0.6) is 0 Å². The number of rotatable bonds is 4. The van der Waals surface area contributed by atoms with Crippen LogP contribution in [-0.2, 0) is 0 Å². The summed E-state index contributed by atoms with van der Waals surface area (Å²) in [5.41, 5.74) is 3.52. The van der Waals surface area contributed by atoms with Crippen molar-refractivity contribution in [2.75, 3.05) is 5.43 Å². The predicted octanol–water partition coefficient (Wildman–Crippen LogP) is 3.91. The molecule has 1 N–H and O–H groups in total. The van der Waals surface area contributed by atoms with Gasteiger partial charge in [-0.2, -0.15) is 10.4 Å². The van der Waals surface area contributed by atoms with Crippen molar-refractivity contribution in [1.82, 2.24) is 4.98 Å². The highest BCUT2D eigenvalue weighted by molar-refractivity contribution is 6.33. The summed E-state index contributed by atoms with van der Waals surface area (Å²) in [6, 6.07) is 12.8. The largest absolute Gasteiger partial charge is 0.455 e. The van der Waals surface area contributed by atoms with Crippen LogP contribution in [0.15, 0.2) is 56.7 Å². The van der Waals surface area contributed by atoms with Crippen molar-refractivity contribution in [2.45, 2.75) is 0 Å². The maximum atomic E-state index is 8.78. The third-order valence-corrected chi connectivity index (χ3v) is 3.13. The number of hydrogen-bond donors (Lipinski definition) is 1. The molecular formula is C15H9ClN4O2. The second kappa shape index (κ2) is 6.16. The number of furan rings is 1. The summed E-state index contributed by atoms with van der Waals surface area (Å²) in [7, 11) is 0. The number of nitrogens with one attached hydrogen (secondary N) is 1. The normalized spacial score (nSPS) is 10.7. The molecule has 0 fully saturated rings. The van der Waals surface area contributed by atoms with Crippen LogP contribution in [0.3, 0.4) is 0 Å². The minimum atomic E-state index is 0.133. The Kier molecular flexibility index (Phi) is 3.90. The molecule has 3 rings (SSSR count). The maximum Gasteiger partial charge on any atom is 0.251 e. The smallest absolute Gasteiger partial charge is 0.251 e. The standard InChI is InChI=1S/C15H9ClN4O2/c16-12-4-2-1-3-11(12)14-6-5-10(22-14)8-19-20-15-13(7-17)18-9-21-15/h1-6,8-9,20H/b19-8+. The fraction of sp³-hybridized carbons (Fsp3) is 0. The number of nitrogens with zero attached hydrogens (tertiary/aromatic N) is 3. The molecule has 0 atom stereocenters. The Morgan fingerprint density at radius 1 is 1.27 bits per heavy atom. The summed E-state index contributed by atoms with van der Waals surface area (Å²) in [4.78, 5) is 3.71. The minimum absolute atomic E-state index is 0.133. The van der Waals surface area contributed by atoms with E-state index >= 15 is 0 Å². The molecule has 0 spiro atoms. The Labute approximate surface area is 130 Å². The van der Waals surface area contributed by atoms with Gasteiger partial charge in [-0.15, -0.1) is 0 Å². The van der Waals surface area contributed by atoms with E-state index < -0.39 is 0 Å². The van der Waals surface area contributed by atoms with Crippen molar-refractivity contribution in [3.8, 4) is 17.4 Å². The van der Waals surface area contributed by atoms with Gasteiger partial charge in [-0.05, 0) is 24.3 Å². The van der Waals surface area contributed by atoms with E-state index in [4.69, 9.17) is 25.7 Å². The molecule has 0 aliphatic carbocycles. The first-order valence-corrected chi connectivity index (χ1v) is 6.63. The van der Waals surface area contributed by atoms with Gasteiger partial charge in [0.25, 0.3) is 5.88 Å². The van der Waals surface area contributed by atoms with Crippen LogP contribution in [0.2, 0.25) is 5.02 Å². The zero-order valence-electron chi connectivity index (χ0n) is 11.2. The van der Waals surface area contributed by atoms with Gasteiger partial charge in [0, 0.05) is 5.56 Å². The predicted molar refractivity (Wildman–Crippen MR) is 81.6 cm³/mol. The van der Waals surface area contributed by atoms with Gasteiger partial charge in [-0.25, -0.2) is 10.4 Å². The molecule has 1 aromatic carbocycles.